The third kappa shape index (κ3) is 4.27. The van der Waals surface area contributed by atoms with E-state index in [-0.39, 0.29) is 17.9 Å². The van der Waals surface area contributed by atoms with Gasteiger partial charge in [0.15, 0.2) is 0 Å². The number of rotatable bonds is 5. The first-order valence-corrected chi connectivity index (χ1v) is 8.54. The lowest BCUT2D eigenvalue weighted by Crippen LogP contribution is -2.06. The summed E-state index contributed by atoms with van der Waals surface area (Å²) in [6, 6.07) is 10.5. The quantitative estimate of drug-likeness (QED) is 0.207. The molecule has 3 rings (SSSR count). The molecular weight excluding hydrogens is 386 g/mol. The molecule has 0 fully saturated rings. The number of hydrogen-bond acceptors (Lipinski definition) is 6. The highest BCUT2D eigenvalue weighted by Crippen LogP contribution is 2.25. The van der Waals surface area contributed by atoms with Crippen LogP contribution in [0.25, 0.3) is 17.0 Å². The summed E-state index contributed by atoms with van der Waals surface area (Å²) in [4.78, 5) is 34.2. The molecule has 142 valence electrons. The predicted molar refractivity (Wildman–Crippen MR) is 104 cm³/mol. The Labute approximate surface area is 164 Å². The highest BCUT2D eigenvalue weighted by molar-refractivity contribution is 6.32. The van der Waals surface area contributed by atoms with Gasteiger partial charge in [0.1, 0.15) is 12.2 Å². The van der Waals surface area contributed by atoms with Crippen molar-refractivity contribution >= 4 is 40.3 Å². The first-order chi connectivity index (χ1) is 13.3. The van der Waals surface area contributed by atoms with Gasteiger partial charge in [-0.3, -0.25) is 10.1 Å². The molecule has 3 aromatic rings. The number of hydrogen-bond donors (Lipinski definition) is 0. The van der Waals surface area contributed by atoms with E-state index in [0.717, 1.165) is 11.6 Å². The number of benzene rings is 2. The fourth-order valence-electron chi connectivity index (χ4n) is 2.62. The number of nitrogens with zero attached hydrogens (tertiary/aromatic N) is 1. The average Bonchev–Trinajstić information content (AvgIpc) is 2.66. The SMILES string of the molecule is Cc1cc2oc(=O)cc(COC(=O)/C=C/c3ccccc3[N+](=O)[O-])c2cc1Cl. The molecule has 28 heavy (non-hydrogen) atoms. The summed E-state index contributed by atoms with van der Waals surface area (Å²) >= 11 is 6.13. The molecule has 0 saturated carbocycles. The van der Waals surface area contributed by atoms with Gasteiger partial charge in [-0.1, -0.05) is 23.7 Å². The van der Waals surface area contributed by atoms with E-state index in [0.29, 0.717) is 21.6 Å². The highest BCUT2D eigenvalue weighted by Gasteiger charge is 2.12. The van der Waals surface area contributed by atoms with Crippen LogP contribution < -0.4 is 5.63 Å². The molecular formula is C20H14ClNO6. The Hall–Kier alpha value is -3.45. The summed E-state index contributed by atoms with van der Waals surface area (Å²) in [6.45, 7) is 1.60. The van der Waals surface area contributed by atoms with Crippen molar-refractivity contribution in [3.05, 3.63) is 90.8 Å². The van der Waals surface area contributed by atoms with Crippen molar-refractivity contribution in [3.8, 4) is 0 Å². The Morgan fingerprint density at radius 2 is 2.04 bits per heavy atom. The van der Waals surface area contributed by atoms with Crippen LogP contribution in [0, 0.1) is 17.0 Å². The van der Waals surface area contributed by atoms with Crippen LogP contribution in [-0.2, 0) is 16.1 Å². The van der Waals surface area contributed by atoms with Gasteiger partial charge in [0.05, 0.1) is 10.5 Å². The molecule has 0 spiro atoms. The lowest BCUT2D eigenvalue weighted by molar-refractivity contribution is -0.385. The second-order valence-corrected chi connectivity index (χ2v) is 6.35. The number of fused-ring (bicyclic) bond motifs is 1. The summed E-state index contributed by atoms with van der Waals surface area (Å²) in [7, 11) is 0. The molecule has 1 heterocycles. The normalized spacial score (nSPS) is 11.1. The lowest BCUT2D eigenvalue weighted by Gasteiger charge is -2.07. The molecule has 0 unspecified atom stereocenters. The van der Waals surface area contributed by atoms with Gasteiger partial charge in [-0.2, -0.15) is 0 Å². The molecule has 7 nitrogen and oxygen atoms in total. The van der Waals surface area contributed by atoms with E-state index < -0.39 is 16.5 Å². The summed E-state index contributed by atoms with van der Waals surface area (Å²) in [5, 5.41) is 12.0. The van der Waals surface area contributed by atoms with Gasteiger partial charge >= 0.3 is 11.6 Å². The van der Waals surface area contributed by atoms with E-state index in [1.807, 2.05) is 0 Å². The maximum atomic E-state index is 12.0. The topological polar surface area (TPSA) is 99.7 Å². The molecule has 0 N–H and O–H groups in total. The second-order valence-electron chi connectivity index (χ2n) is 5.95. The summed E-state index contributed by atoms with van der Waals surface area (Å²) in [5.41, 5.74) is 1.12. The van der Waals surface area contributed by atoms with Gasteiger partial charge < -0.3 is 9.15 Å². The molecule has 2 aromatic carbocycles. The Morgan fingerprint density at radius 1 is 1.29 bits per heavy atom. The number of ether oxygens (including phenoxy) is 1. The molecule has 0 atom stereocenters. The maximum absolute atomic E-state index is 12.0. The van der Waals surface area contributed by atoms with Gasteiger partial charge in [0.2, 0.25) is 0 Å². The standard InChI is InChI=1S/C20H14ClNO6/c1-12-8-18-15(10-16(12)21)14(9-20(24)28-18)11-27-19(23)7-6-13-4-2-3-5-17(13)22(25)26/h2-10H,11H2,1H3/b7-6+. The van der Waals surface area contributed by atoms with Gasteiger partial charge in [0.25, 0.3) is 5.69 Å². The van der Waals surface area contributed by atoms with Gasteiger partial charge in [-0.15, -0.1) is 0 Å². The monoisotopic (exact) mass is 399 g/mol. The third-order valence-electron chi connectivity index (χ3n) is 4.01. The van der Waals surface area contributed by atoms with Crippen molar-refractivity contribution in [2.45, 2.75) is 13.5 Å². The van der Waals surface area contributed by atoms with Gasteiger partial charge in [0, 0.05) is 34.2 Å². The molecule has 1 aromatic heterocycles. The number of nitro benzene ring substituents is 1. The first-order valence-electron chi connectivity index (χ1n) is 8.16. The summed E-state index contributed by atoms with van der Waals surface area (Å²) in [6.07, 6.45) is 2.39. The zero-order valence-electron chi connectivity index (χ0n) is 14.7. The average molecular weight is 400 g/mol. The Morgan fingerprint density at radius 3 is 2.79 bits per heavy atom. The van der Waals surface area contributed by atoms with Crippen LogP contribution in [0.3, 0.4) is 0 Å². The molecule has 0 amide bonds. The highest BCUT2D eigenvalue weighted by atomic mass is 35.5. The molecule has 0 bridgehead atoms. The van der Waals surface area contributed by atoms with E-state index >= 15 is 0 Å². The van der Waals surface area contributed by atoms with Crippen LogP contribution in [0.4, 0.5) is 5.69 Å². The Bertz CT molecular complexity index is 1170. The van der Waals surface area contributed by atoms with E-state index in [2.05, 4.69) is 0 Å². The van der Waals surface area contributed by atoms with E-state index in [9.17, 15) is 19.7 Å². The molecule has 0 aliphatic heterocycles. The summed E-state index contributed by atoms with van der Waals surface area (Å²) < 4.78 is 10.3. The zero-order chi connectivity index (χ0) is 20.3. The van der Waals surface area contributed by atoms with Gasteiger partial charge in [-0.05, 0) is 36.8 Å². The largest absolute Gasteiger partial charge is 0.458 e. The number of carbonyl (C=O) groups is 1. The van der Waals surface area contributed by atoms with Crippen LogP contribution in [0.2, 0.25) is 5.02 Å². The second kappa shape index (κ2) is 8.06. The third-order valence-corrected chi connectivity index (χ3v) is 4.42. The van der Waals surface area contributed by atoms with Crippen molar-refractivity contribution in [2.24, 2.45) is 0 Å². The van der Waals surface area contributed by atoms with Crippen LogP contribution in [0.5, 0.6) is 0 Å². The molecule has 8 heteroatoms. The number of halogens is 1. The number of aryl methyl sites for hydroxylation is 1. The minimum atomic E-state index is -0.710. The summed E-state index contributed by atoms with van der Waals surface area (Å²) in [5.74, 6) is -0.710. The minimum Gasteiger partial charge on any atom is -0.458 e. The molecule has 0 aliphatic carbocycles. The van der Waals surface area contributed by atoms with E-state index in [4.69, 9.17) is 20.8 Å². The molecule has 0 aliphatic rings. The Kier molecular flexibility index (Phi) is 5.56. The zero-order valence-corrected chi connectivity index (χ0v) is 15.4. The molecule has 0 radical (unpaired) electrons. The van der Waals surface area contributed by atoms with Crippen molar-refractivity contribution in [1.29, 1.82) is 0 Å². The smallest absolute Gasteiger partial charge is 0.336 e. The fourth-order valence-corrected chi connectivity index (χ4v) is 2.78. The van der Waals surface area contributed by atoms with Gasteiger partial charge in [-0.25, -0.2) is 9.59 Å². The van der Waals surface area contributed by atoms with E-state index in [1.54, 1.807) is 25.1 Å². The number of para-hydroxylation sites is 1. The van der Waals surface area contributed by atoms with Crippen LogP contribution in [0.1, 0.15) is 16.7 Å². The lowest BCUT2D eigenvalue weighted by atomic mass is 10.1. The first kappa shape index (κ1) is 19.3. The fraction of sp³-hybridized carbons (Fsp3) is 0.100. The number of carbonyl (C=O) groups excluding carboxylic acids is 1. The number of esters is 1. The van der Waals surface area contributed by atoms with Crippen molar-refractivity contribution < 1.29 is 18.9 Å². The van der Waals surface area contributed by atoms with Crippen molar-refractivity contribution in [2.75, 3.05) is 0 Å². The minimum absolute atomic E-state index is 0.122. The maximum Gasteiger partial charge on any atom is 0.336 e. The van der Waals surface area contributed by atoms with Crippen LogP contribution in [0.15, 0.2) is 57.8 Å². The predicted octanol–water partition coefficient (Wildman–Crippen LogP) is 4.42. The van der Waals surface area contributed by atoms with Crippen LogP contribution >= 0.6 is 11.6 Å². The number of nitro groups is 1. The van der Waals surface area contributed by atoms with Crippen molar-refractivity contribution in [3.63, 3.8) is 0 Å². The molecule has 0 saturated heterocycles. The van der Waals surface area contributed by atoms with Crippen LogP contribution in [-0.4, -0.2) is 10.9 Å². The van der Waals surface area contributed by atoms with E-state index in [1.165, 1.54) is 30.3 Å². The van der Waals surface area contributed by atoms with Crippen molar-refractivity contribution in [1.82, 2.24) is 0 Å². The Balaban J connectivity index is 1.79.